The lowest BCUT2D eigenvalue weighted by Gasteiger charge is -2.36. The summed E-state index contributed by atoms with van der Waals surface area (Å²) in [5, 5.41) is 3.60. The minimum atomic E-state index is -3.29. The lowest BCUT2D eigenvalue weighted by Crippen LogP contribution is -2.46. The molecule has 8 nitrogen and oxygen atoms in total. The first-order valence-corrected chi connectivity index (χ1v) is 14.0. The van der Waals surface area contributed by atoms with Crippen LogP contribution in [0.2, 0.25) is 5.02 Å². The molecule has 0 spiro atoms. The SMILES string of the molecule is CS(=O)(=O)Nc1cccc(N2CCN(CCCCNC(=O)C3=Cc4cc(Cl)ccc4OC3)CC2)c1. The second kappa shape index (κ2) is 11.3. The molecule has 188 valence electrons. The van der Waals surface area contributed by atoms with Crippen molar-refractivity contribution in [2.75, 3.05) is 61.8 Å². The van der Waals surface area contributed by atoms with Crippen LogP contribution in [-0.2, 0) is 14.8 Å². The van der Waals surface area contributed by atoms with Gasteiger partial charge in [-0.1, -0.05) is 17.7 Å². The van der Waals surface area contributed by atoms with Crippen LogP contribution in [0.4, 0.5) is 11.4 Å². The maximum atomic E-state index is 12.5. The standard InChI is InChI=1S/C25H31ClN4O4S/c1-35(32,33)28-22-5-4-6-23(17-22)30-13-11-29(12-14-30)10-3-2-9-27-25(31)20-15-19-16-21(26)7-8-24(19)34-18-20/h4-8,15-17,28H,2-3,9-14,18H2,1H3,(H,27,31). The normalized spacial score (nSPS) is 16.2. The van der Waals surface area contributed by atoms with Gasteiger partial charge >= 0.3 is 0 Å². The number of nitrogens with zero attached hydrogens (tertiary/aromatic N) is 2. The van der Waals surface area contributed by atoms with Gasteiger partial charge in [0.05, 0.1) is 17.5 Å². The number of anilines is 2. The Bertz CT molecular complexity index is 1190. The molecule has 2 aromatic carbocycles. The summed E-state index contributed by atoms with van der Waals surface area (Å²) in [5.74, 6) is 0.640. The van der Waals surface area contributed by atoms with E-state index in [1.54, 1.807) is 18.2 Å². The molecule has 0 aromatic heterocycles. The summed E-state index contributed by atoms with van der Waals surface area (Å²) in [4.78, 5) is 17.2. The van der Waals surface area contributed by atoms with Crippen molar-refractivity contribution in [1.82, 2.24) is 10.2 Å². The van der Waals surface area contributed by atoms with Crippen molar-refractivity contribution in [3.8, 4) is 5.75 Å². The van der Waals surface area contributed by atoms with Crippen molar-refractivity contribution in [2.45, 2.75) is 12.8 Å². The van der Waals surface area contributed by atoms with Gasteiger partial charge in [-0.15, -0.1) is 0 Å². The number of hydrogen-bond acceptors (Lipinski definition) is 6. The molecule has 2 aromatic rings. The molecule has 0 radical (unpaired) electrons. The van der Waals surface area contributed by atoms with Gasteiger partial charge < -0.3 is 15.0 Å². The zero-order valence-electron chi connectivity index (χ0n) is 19.8. The van der Waals surface area contributed by atoms with Crippen LogP contribution in [0.3, 0.4) is 0 Å². The predicted octanol–water partition coefficient (Wildman–Crippen LogP) is 3.21. The third-order valence-electron chi connectivity index (χ3n) is 6.05. The second-order valence-electron chi connectivity index (χ2n) is 8.86. The Labute approximate surface area is 211 Å². The van der Waals surface area contributed by atoms with Crippen molar-refractivity contribution in [1.29, 1.82) is 0 Å². The number of sulfonamides is 1. The predicted molar refractivity (Wildman–Crippen MR) is 141 cm³/mol. The molecule has 2 aliphatic rings. The van der Waals surface area contributed by atoms with Crippen LogP contribution >= 0.6 is 11.6 Å². The maximum absolute atomic E-state index is 12.5. The quantitative estimate of drug-likeness (QED) is 0.495. The molecule has 0 saturated carbocycles. The molecule has 2 aliphatic heterocycles. The highest BCUT2D eigenvalue weighted by Gasteiger charge is 2.19. The monoisotopic (exact) mass is 518 g/mol. The maximum Gasteiger partial charge on any atom is 0.250 e. The van der Waals surface area contributed by atoms with Gasteiger partial charge in [-0.05, 0) is 61.9 Å². The van der Waals surface area contributed by atoms with Crippen molar-refractivity contribution in [3.05, 3.63) is 58.6 Å². The zero-order chi connectivity index (χ0) is 24.8. The lowest BCUT2D eigenvalue weighted by molar-refractivity contribution is -0.117. The van der Waals surface area contributed by atoms with Crippen LogP contribution in [0.5, 0.6) is 5.75 Å². The lowest BCUT2D eigenvalue weighted by atomic mass is 10.1. The summed E-state index contributed by atoms with van der Waals surface area (Å²) in [6.45, 7) is 5.54. The first-order valence-electron chi connectivity index (χ1n) is 11.7. The summed E-state index contributed by atoms with van der Waals surface area (Å²) in [7, 11) is -3.29. The topological polar surface area (TPSA) is 91.0 Å². The molecular formula is C25H31ClN4O4S. The number of amides is 1. The van der Waals surface area contributed by atoms with Gasteiger partial charge in [0.2, 0.25) is 10.0 Å². The summed E-state index contributed by atoms with van der Waals surface area (Å²) in [5.41, 5.74) is 3.03. The minimum absolute atomic E-state index is 0.100. The average molecular weight is 519 g/mol. The fraction of sp³-hybridized carbons (Fsp3) is 0.400. The van der Waals surface area contributed by atoms with Crippen LogP contribution in [0.25, 0.3) is 6.08 Å². The Balaban J connectivity index is 1.15. The molecule has 2 N–H and O–H groups in total. The number of carbonyl (C=O) groups excluding carboxylic acids is 1. The number of benzene rings is 2. The number of piperazine rings is 1. The molecule has 0 unspecified atom stereocenters. The van der Waals surface area contributed by atoms with E-state index < -0.39 is 10.0 Å². The number of fused-ring (bicyclic) bond motifs is 1. The molecule has 0 atom stereocenters. The largest absolute Gasteiger partial charge is 0.488 e. The van der Waals surface area contributed by atoms with E-state index in [1.165, 1.54) is 0 Å². The van der Waals surface area contributed by atoms with E-state index in [4.69, 9.17) is 16.3 Å². The summed E-state index contributed by atoms with van der Waals surface area (Å²) in [6.07, 6.45) is 4.90. The molecule has 1 saturated heterocycles. The number of halogens is 1. The van der Waals surface area contributed by atoms with Gasteiger partial charge in [0.1, 0.15) is 12.4 Å². The first-order chi connectivity index (χ1) is 16.8. The van der Waals surface area contributed by atoms with E-state index in [0.29, 0.717) is 22.8 Å². The van der Waals surface area contributed by atoms with E-state index in [9.17, 15) is 13.2 Å². The summed E-state index contributed by atoms with van der Waals surface area (Å²) in [6, 6.07) is 12.9. The highest BCUT2D eigenvalue weighted by Crippen LogP contribution is 2.29. The van der Waals surface area contributed by atoms with Crippen LogP contribution in [-0.4, -0.2) is 71.4 Å². The van der Waals surface area contributed by atoms with Crippen molar-refractivity contribution >= 4 is 45.0 Å². The average Bonchev–Trinajstić information content (AvgIpc) is 2.82. The number of carbonyl (C=O) groups is 1. The van der Waals surface area contributed by atoms with E-state index in [-0.39, 0.29) is 12.5 Å². The summed E-state index contributed by atoms with van der Waals surface area (Å²) < 4.78 is 31.2. The third kappa shape index (κ3) is 7.37. The van der Waals surface area contributed by atoms with Crippen molar-refractivity contribution < 1.29 is 17.9 Å². The molecule has 1 amide bonds. The smallest absolute Gasteiger partial charge is 0.250 e. The van der Waals surface area contributed by atoms with Gasteiger partial charge in [0, 0.05) is 49.0 Å². The molecular weight excluding hydrogens is 488 g/mol. The minimum Gasteiger partial charge on any atom is -0.488 e. The third-order valence-corrected chi connectivity index (χ3v) is 6.89. The fourth-order valence-corrected chi connectivity index (χ4v) is 5.00. The molecule has 0 aliphatic carbocycles. The fourth-order valence-electron chi connectivity index (χ4n) is 4.27. The molecule has 35 heavy (non-hydrogen) atoms. The van der Waals surface area contributed by atoms with Gasteiger partial charge in [0.25, 0.3) is 5.91 Å². The van der Waals surface area contributed by atoms with Crippen molar-refractivity contribution in [3.63, 3.8) is 0 Å². The first kappa shape index (κ1) is 25.3. The van der Waals surface area contributed by atoms with E-state index in [2.05, 4.69) is 19.8 Å². The number of unbranched alkanes of at least 4 members (excludes halogenated alkanes) is 1. The van der Waals surface area contributed by atoms with Gasteiger partial charge in [-0.25, -0.2) is 8.42 Å². The molecule has 2 heterocycles. The number of ether oxygens (including phenoxy) is 1. The number of rotatable bonds is 9. The Morgan fingerprint density at radius 3 is 2.66 bits per heavy atom. The van der Waals surface area contributed by atoms with Crippen LogP contribution in [0.15, 0.2) is 48.0 Å². The number of hydrogen-bond donors (Lipinski definition) is 2. The van der Waals surface area contributed by atoms with Crippen LogP contribution < -0.4 is 19.7 Å². The molecule has 10 heteroatoms. The highest BCUT2D eigenvalue weighted by molar-refractivity contribution is 7.92. The van der Waals surface area contributed by atoms with Crippen LogP contribution in [0.1, 0.15) is 18.4 Å². The second-order valence-corrected chi connectivity index (χ2v) is 11.0. The Morgan fingerprint density at radius 1 is 1.09 bits per heavy atom. The molecule has 4 rings (SSSR count). The Kier molecular flexibility index (Phi) is 8.20. The van der Waals surface area contributed by atoms with Gasteiger partial charge in [0.15, 0.2) is 0 Å². The van der Waals surface area contributed by atoms with E-state index >= 15 is 0 Å². The Morgan fingerprint density at radius 2 is 1.89 bits per heavy atom. The van der Waals surface area contributed by atoms with Gasteiger partial charge in [-0.2, -0.15) is 0 Å². The van der Waals surface area contributed by atoms with E-state index in [0.717, 1.165) is 68.8 Å². The van der Waals surface area contributed by atoms with Crippen molar-refractivity contribution in [2.24, 2.45) is 0 Å². The van der Waals surface area contributed by atoms with Gasteiger partial charge in [-0.3, -0.25) is 14.4 Å². The number of nitrogens with one attached hydrogen (secondary N) is 2. The van der Waals surface area contributed by atoms with E-state index in [1.807, 2.05) is 30.3 Å². The van der Waals surface area contributed by atoms with Crippen LogP contribution in [0, 0.1) is 0 Å². The Hall–Kier alpha value is -2.75. The highest BCUT2D eigenvalue weighted by atomic mass is 35.5. The molecule has 0 bridgehead atoms. The summed E-state index contributed by atoms with van der Waals surface area (Å²) >= 11 is 6.04. The molecule has 1 fully saturated rings. The zero-order valence-corrected chi connectivity index (χ0v) is 21.4.